The smallest absolute Gasteiger partial charge is 0.399 e. The zero-order valence-corrected chi connectivity index (χ0v) is 16.1. The molecule has 0 bridgehead atoms. The minimum Gasteiger partial charge on any atom is -0.399 e. The molecule has 7 heteroatoms. The van der Waals surface area contributed by atoms with Crippen molar-refractivity contribution in [2.75, 3.05) is 5.32 Å². The van der Waals surface area contributed by atoms with Gasteiger partial charge in [-0.05, 0) is 51.7 Å². The van der Waals surface area contributed by atoms with Crippen LogP contribution in [0.5, 0.6) is 0 Å². The molecule has 3 rings (SSSR count). The molecular formula is C18H23BN2O3S. The molecule has 2 heterocycles. The molecule has 25 heavy (non-hydrogen) atoms. The third-order valence-corrected chi connectivity index (χ3v) is 5.73. The molecule has 1 aromatic heterocycles. The molecule has 1 saturated heterocycles. The third kappa shape index (κ3) is 3.63. The third-order valence-electron chi connectivity index (χ3n) is 4.95. The van der Waals surface area contributed by atoms with Crippen LogP contribution in [0.15, 0.2) is 29.8 Å². The first kappa shape index (κ1) is 18.1. The van der Waals surface area contributed by atoms with Crippen molar-refractivity contribution in [3.63, 3.8) is 0 Å². The van der Waals surface area contributed by atoms with Gasteiger partial charge in [0.05, 0.1) is 17.6 Å². The molecule has 1 aliphatic heterocycles. The van der Waals surface area contributed by atoms with Crippen molar-refractivity contribution in [1.29, 1.82) is 0 Å². The number of hydrogen-bond acceptors (Lipinski definition) is 5. The van der Waals surface area contributed by atoms with E-state index in [-0.39, 0.29) is 12.3 Å². The van der Waals surface area contributed by atoms with E-state index >= 15 is 0 Å². The first-order chi connectivity index (χ1) is 11.7. The fourth-order valence-electron chi connectivity index (χ4n) is 2.69. The molecule has 0 atom stereocenters. The largest absolute Gasteiger partial charge is 0.495 e. The number of thiazole rings is 1. The Hall–Kier alpha value is -1.70. The number of amides is 1. The molecule has 1 N–H and O–H groups in total. The zero-order valence-electron chi connectivity index (χ0n) is 15.3. The number of carbonyl (C=O) groups excluding carboxylic acids is 1. The van der Waals surface area contributed by atoms with Crippen molar-refractivity contribution in [1.82, 2.24) is 4.98 Å². The summed E-state index contributed by atoms with van der Waals surface area (Å²) in [5, 5.41) is 5.64. The maximum Gasteiger partial charge on any atom is 0.495 e. The number of carbonyl (C=O) groups is 1. The van der Waals surface area contributed by atoms with Crippen LogP contribution in [0.1, 0.15) is 38.3 Å². The Bertz CT molecular complexity index is 759. The van der Waals surface area contributed by atoms with E-state index in [4.69, 9.17) is 9.31 Å². The van der Waals surface area contributed by atoms with Crippen LogP contribution < -0.4 is 10.8 Å². The molecule has 0 unspecified atom stereocenters. The van der Waals surface area contributed by atoms with Gasteiger partial charge in [-0.25, -0.2) is 4.98 Å². The van der Waals surface area contributed by atoms with Crippen LogP contribution in [-0.2, 0) is 20.5 Å². The Morgan fingerprint density at radius 2 is 1.92 bits per heavy atom. The standard InChI is InChI=1S/C18H23BN2O3S/c1-12-13(19-23-17(2,3)18(4,5)24-19)7-6-8-14(12)21-15(22)11-16-20-9-10-25-16/h6-10H,11H2,1-5H3,(H,21,22). The zero-order chi connectivity index (χ0) is 18.2. The van der Waals surface area contributed by atoms with Gasteiger partial charge in [-0.1, -0.05) is 12.1 Å². The maximum absolute atomic E-state index is 12.3. The van der Waals surface area contributed by atoms with Crippen molar-refractivity contribution in [2.24, 2.45) is 0 Å². The summed E-state index contributed by atoms with van der Waals surface area (Å²) in [7, 11) is -0.444. The van der Waals surface area contributed by atoms with Crippen LogP contribution >= 0.6 is 11.3 Å². The predicted octanol–water partition coefficient (Wildman–Crippen LogP) is 2.93. The number of benzene rings is 1. The molecule has 1 amide bonds. The van der Waals surface area contributed by atoms with Crippen molar-refractivity contribution in [2.45, 2.75) is 52.2 Å². The number of hydrogen-bond donors (Lipinski definition) is 1. The lowest BCUT2D eigenvalue weighted by atomic mass is 9.76. The van der Waals surface area contributed by atoms with Gasteiger partial charge < -0.3 is 14.6 Å². The lowest BCUT2D eigenvalue weighted by Gasteiger charge is -2.32. The molecule has 5 nitrogen and oxygen atoms in total. The van der Waals surface area contributed by atoms with Gasteiger partial charge in [0, 0.05) is 17.3 Å². The highest BCUT2D eigenvalue weighted by Gasteiger charge is 2.52. The van der Waals surface area contributed by atoms with Gasteiger partial charge in [0.15, 0.2) is 0 Å². The van der Waals surface area contributed by atoms with Crippen molar-refractivity contribution in [3.05, 3.63) is 40.3 Å². The van der Waals surface area contributed by atoms with Crippen molar-refractivity contribution < 1.29 is 14.1 Å². The number of aromatic nitrogens is 1. The molecule has 0 aliphatic carbocycles. The Morgan fingerprint density at radius 1 is 1.24 bits per heavy atom. The second-order valence-electron chi connectivity index (χ2n) is 7.26. The molecule has 0 radical (unpaired) electrons. The van der Waals surface area contributed by atoms with Crippen LogP contribution in [0, 0.1) is 6.92 Å². The fourth-order valence-corrected chi connectivity index (χ4v) is 3.30. The van der Waals surface area contributed by atoms with E-state index in [1.807, 2.05) is 58.2 Å². The summed E-state index contributed by atoms with van der Waals surface area (Å²) in [6, 6.07) is 5.78. The monoisotopic (exact) mass is 358 g/mol. The van der Waals surface area contributed by atoms with E-state index < -0.39 is 18.3 Å². The summed E-state index contributed by atoms with van der Waals surface area (Å²) < 4.78 is 12.3. The Kier molecular flexibility index (Phi) is 4.75. The minimum atomic E-state index is -0.444. The van der Waals surface area contributed by atoms with Gasteiger partial charge in [0.2, 0.25) is 5.91 Å². The van der Waals surface area contributed by atoms with E-state index in [0.29, 0.717) is 0 Å². The van der Waals surface area contributed by atoms with Gasteiger partial charge in [-0.2, -0.15) is 0 Å². The van der Waals surface area contributed by atoms with E-state index in [9.17, 15) is 4.79 Å². The molecule has 1 aromatic carbocycles. The van der Waals surface area contributed by atoms with Gasteiger partial charge >= 0.3 is 7.12 Å². The number of nitrogens with zero attached hydrogens (tertiary/aromatic N) is 1. The van der Waals surface area contributed by atoms with Gasteiger partial charge in [-0.3, -0.25) is 4.79 Å². The SMILES string of the molecule is Cc1c(NC(=O)Cc2nccs2)cccc1B1OC(C)(C)C(C)(C)O1. The average molecular weight is 358 g/mol. The van der Waals surface area contributed by atoms with Crippen LogP contribution in [0.3, 0.4) is 0 Å². The quantitative estimate of drug-likeness (QED) is 0.854. The summed E-state index contributed by atoms with van der Waals surface area (Å²) >= 11 is 1.48. The molecule has 1 fully saturated rings. The van der Waals surface area contributed by atoms with Crippen LogP contribution in [0.4, 0.5) is 5.69 Å². The summed E-state index contributed by atoms with van der Waals surface area (Å²) in [4.78, 5) is 16.4. The van der Waals surface area contributed by atoms with E-state index in [1.165, 1.54) is 11.3 Å². The van der Waals surface area contributed by atoms with Crippen LogP contribution in [0.2, 0.25) is 0 Å². The summed E-state index contributed by atoms with van der Waals surface area (Å²) in [6.07, 6.45) is 1.98. The summed E-state index contributed by atoms with van der Waals surface area (Å²) in [5.74, 6) is -0.0795. The second kappa shape index (κ2) is 6.55. The molecule has 1 aliphatic rings. The molecule has 0 saturated carbocycles. The van der Waals surface area contributed by atoms with E-state index in [2.05, 4.69) is 10.3 Å². The van der Waals surface area contributed by atoms with Crippen LogP contribution in [-0.4, -0.2) is 29.2 Å². The first-order valence-corrected chi connectivity index (χ1v) is 9.21. The normalized spacial score (nSPS) is 18.4. The second-order valence-corrected chi connectivity index (χ2v) is 8.24. The van der Waals surface area contributed by atoms with Crippen molar-refractivity contribution >= 4 is 35.5 Å². The number of nitrogens with one attached hydrogen (secondary N) is 1. The molecule has 132 valence electrons. The van der Waals surface area contributed by atoms with Gasteiger partial charge in [-0.15, -0.1) is 11.3 Å². The molecule has 0 spiro atoms. The van der Waals surface area contributed by atoms with Gasteiger partial charge in [0.1, 0.15) is 5.01 Å². The number of rotatable bonds is 4. The average Bonchev–Trinajstić information content (AvgIpc) is 3.07. The Balaban J connectivity index is 1.78. The Morgan fingerprint density at radius 3 is 2.52 bits per heavy atom. The minimum absolute atomic E-state index is 0.0795. The van der Waals surface area contributed by atoms with E-state index in [1.54, 1.807) is 6.20 Å². The first-order valence-electron chi connectivity index (χ1n) is 8.33. The molecular weight excluding hydrogens is 335 g/mol. The van der Waals surface area contributed by atoms with E-state index in [0.717, 1.165) is 21.7 Å². The highest BCUT2D eigenvalue weighted by atomic mass is 32.1. The summed E-state index contributed by atoms with van der Waals surface area (Å²) in [5.41, 5.74) is 1.87. The topological polar surface area (TPSA) is 60.5 Å². The predicted molar refractivity (Wildman–Crippen MR) is 101 cm³/mol. The maximum atomic E-state index is 12.3. The summed E-state index contributed by atoms with van der Waals surface area (Å²) in [6.45, 7) is 10.1. The van der Waals surface area contributed by atoms with Crippen molar-refractivity contribution in [3.8, 4) is 0 Å². The fraction of sp³-hybridized carbons (Fsp3) is 0.444. The number of anilines is 1. The van der Waals surface area contributed by atoms with Gasteiger partial charge in [0.25, 0.3) is 0 Å². The highest BCUT2D eigenvalue weighted by Crippen LogP contribution is 2.37. The lowest BCUT2D eigenvalue weighted by Crippen LogP contribution is -2.41. The lowest BCUT2D eigenvalue weighted by molar-refractivity contribution is -0.115. The highest BCUT2D eigenvalue weighted by molar-refractivity contribution is 7.09. The Labute approximate surface area is 152 Å². The molecule has 2 aromatic rings. The van der Waals surface area contributed by atoms with Crippen LogP contribution in [0.25, 0.3) is 0 Å².